The van der Waals surface area contributed by atoms with Gasteiger partial charge in [0.15, 0.2) is 5.69 Å². The molecule has 1 aliphatic heterocycles. The van der Waals surface area contributed by atoms with Gasteiger partial charge in [-0.15, -0.1) is 0 Å². The third-order valence-electron chi connectivity index (χ3n) is 4.73. The number of hydrogen-bond acceptors (Lipinski definition) is 4. The highest BCUT2D eigenvalue weighted by Crippen LogP contribution is 2.33. The second-order valence-corrected chi connectivity index (χ2v) is 6.60. The third-order valence-corrected chi connectivity index (χ3v) is 4.73. The zero-order valence-corrected chi connectivity index (χ0v) is 15.3. The summed E-state index contributed by atoms with van der Waals surface area (Å²) < 4.78 is 12.5. The van der Waals surface area contributed by atoms with Gasteiger partial charge < -0.3 is 14.4 Å². The quantitative estimate of drug-likeness (QED) is 0.856. The van der Waals surface area contributed by atoms with Crippen LogP contribution in [0, 0.1) is 5.92 Å². The van der Waals surface area contributed by atoms with Crippen LogP contribution in [0.1, 0.15) is 30.3 Å². The highest BCUT2D eigenvalue weighted by molar-refractivity contribution is 5.93. The molecule has 1 saturated heterocycles. The number of likely N-dealkylation sites (tertiary alicyclic amines) is 1. The Bertz CT molecular complexity index is 769. The van der Waals surface area contributed by atoms with E-state index in [1.165, 1.54) is 6.42 Å². The van der Waals surface area contributed by atoms with Crippen LogP contribution in [0.15, 0.2) is 24.3 Å². The summed E-state index contributed by atoms with van der Waals surface area (Å²) >= 11 is 0. The fourth-order valence-electron chi connectivity index (χ4n) is 3.37. The minimum atomic E-state index is -0.00439. The number of aromatic nitrogens is 2. The molecule has 1 fully saturated rings. The molecule has 0 N–H and O–H groups in total. The van der Waals surface area contributed by atoms with Gasteiger partial charge in [-0.05, 0) is 43.0 Å². The lowest BCUT2D eigenvalue weighted by Gasteiger charge is -2.30. The maximum absolute atomic E-state index is 12.8. The van der Waals surface area contributed by atoms with E-state index in [9.17, 15) is 4.79 Å². The molecule has 2 aromatic rings. The molecule has 0 saturated carbocycles. The van der Waals surface area contributed by atoms with E-state index < -0.39 is 0 Å². The molecule has 6 heteroatoms. The molecule has 0 bridgehead atoms. The first-order valence-corrected chi connectivity index (χ1v) is 8.59. The minimum Gasteiger partial charge on any atom is -0.497 e. The molecule has 3 rings (SSSR count). The molecule has 2 heterocycles. The number of piperidine rings is 1. The monoisotopic (exact) mass is 343 g/mol. The van der Waals surface area contributed by atoms with E-state index >= 15 is 0 Å². The van der Waals surface area contributed by atoms with Crippen molar-refractivity contribution in [1.82, 2.24) is 14.7 Å². The first-order chi connectivity index (χ1) is 12.0. The predicted octanol–water partition coefficient (Wildman–Crippen LogP) is 2.98. The van der Waals surface area contributed by atoms with E-state index in [1.54, 1.807) is 18.9 Å². The number of nitrogens with zero attached hydrogens (tertiary/aromatic N) is 3. The van der Waals surface area contributed by atoms with Gasteiger partial charge in [0, 0.05) is 25.7 Å². The zero-order chi connectivity index (χ0) is 18.0. The van der Waals surface area contributed by atoms with Gasteiger partial charge in [-0.1, -0.05) is 6.92 Å². The molecule has 1 aromatic carbocycles. The Morgan fingerprint density at radius 1 is 1.24 bits per heavy atom. The lowest BCUT2D eigenvalue weighted by atomic mass is 10.00. The summed E-state index contributed by atoms with van der Waals surface area (Å²) in [6.45, 7) is 3.79. The highest BCUT2D eigenvalue weighted by Gasteiger charge is 2.25. The predicted molar refractivity (Wildman–Crippen MR) is 96.0 cm³/mol. The number of carbonyl (C=O) groups excluding carboxylic acids is 1. The SMILES string of the molecule is COc1ccc(OC)c(-c2cc(C(=O)N3CCCC(C)C3)nn2C)c1. The van der Waals surface area contributed by atoms with Gasteiger partial charge in [0.2, 0.25) is 0 Å². The molecule has 25 heavy (non-hydrogen) atoms. The first kappa shape index (κ1) is 17.3. The van der Waals surface area contributed by atoms with Crippen molar-refractivity contribution < 1.29 is 14.3 Å². The molecule has 1 unspecified atom stereocenters. The van der Waals surface area contributed by atoms with Gasteiger partial charge >= 0.3 is 0 Å². The van der Waals surface area contributed by atoms with E-state index in [1.807, 2.05) is 36.2 Å². The van der Waals surface area contributed by atoms with Crippen molar-refractivity contribution in [2.24, 2.45) is 13.0 Å². The van der Waals surface area contributed by atoms with Gasteiger partial charge in [-0.3, -0.25) is 9.48 Å². The number of carbonyl (C=O) groups is 1. The van der Waals surface area contributed by atoms with Crippen LogP contribution in [0.25, 0.3) is 11.3 Å². The number of amides is 1. The Morgan fingerprint density at radius 3 is 2.72 bits per heavy atom. The van der Waals surface area contributed by atoms with Crippen molar-refractivity contribution in [2.45, 2.75) is 19.8 Å². The molecular weight excluding hydrogens is 318 g/mol. The van der Waals surface area contributed by atoms with E-state index in [4.69, 9.17) is 9.47 Å². The average molecular weight is 343 g/mol. The molecule has 0 spiro atoms. The molecule has 1 aliphatic rings. The molecule has 1 amide bonds. The largest absolute Gasteiger partial charge is 0.497 e. The fourth-order valence-corrected chi connectivity index (χ4v) is 3.37. The maximum atomic E-state index is 12.8. The van der Waals surface area contributed by atoms with Crippen LogP contribution in [0.3, 0.4) is 0 Å². The molecule has 1 aromatic heterocycles. The summed E-state index contributed by atoms with van der Waals surface area (Å²) in [5, 5.41) is 4.45. The summed E-state index contributed by atoms with van der Waals surface area (Å²) in [4.78, 5) is 14.7. The van der Waals surface area contributed by atoms with Crippen molar-refractivity contribution in [3.8, 4) is 22.8 Å². The van der Waals surface area contributed by atoms with Gasteiger partial charge in [0.05, 0.1) is 19.9 Å². The second-order valence-electron chi connectivity index (χ2n) is 6.60. The average Bonchev–Trinajstić information content (AvgIpc) is 3.02. The molecular formula is C19H25N3O3. The normalized spacial score (nSPS) is 17.4. The van der Waals surface area contributed by atoms with Crippen LogP contribution in [0.4, 0.5) is 0 Å². The highest BCUT2D eigenvalue weighted by atomic mass is 16.5. The second kappa shape index (κ2) is 7.17. The Kier molecular flexibility index (Phi) is 4.97. The first-order valence-electron chi connectivity index (χ1n) is 8.59. The number of rotatable bonds is 4. The van der Waals surface area contributed by atoms with E-state index in [0.717, 1.165) is 42.3 Å². The molecule has 1 atom stereocenters. The van der Waals surface area contributed by atoms with Crippen molar-refractivity contribution in [3.63, 3.8) is 0 Å². The van der Waals surface area contributed by atoms with Crippen molar-refractivity contribution in [1.29, 1.82) is 0 Å². The summed E-state index contributed by atoms with van der Waals surface area (Å²) in [6.07, 6.45) is 2.23. The van der Waals surface area contributed by atoms with Gasteiger partial charge in [-0.2, -0.15) is 5.10 Å². The van der Waals surface area contributed by atoms with Crippen LogP contribution in [0.2, 0.25) is 0 Å². The van der Waals surface area contributed by atoms with Crippen molar-refractivity contribution >= 4 is 5.91 Å². The number of benzene rings is 1. The Morgan fingerprint density at radius 2 is 2.04 bits per heavy atom. The third kappa shape index (κ3) is 3.48. The summed E-state index contributed by atoms with van der Waals surface area (Å²) in [5.41, 5.74) is 2.14. The smallest absolute Gasteiger partial charge is 0.274 e. The number of ether oxygens (including phenoxy) is 2. The summed E-state index contributed by atoms with van der Waals surface area (Å²) in [6, 6.07) is 7.43. The maximum Gasteiger partial charge on any atom is 0.274 e. The van der Waals surface area contributed by atoms with E-state index in [-0.39, 0.29) is 5.91 Å². The summed E-state index contributed by atoms with van der Waals surface area (Å²) in [7, 11) is 5.09. The van der Waals surface area contributed by atoms with Crippen LogP contribution >= 0.6 is 0 Å². The molecule has 6 nitrogen and oxygen atoms in total. The number of hydrogen-bond donors (Lipinski definition) is 0. The number of methoxy groups -OCH3 is 2. The molecule has 0 radical (unpaired) electrons. The van der Waals surface area contributed by atoms with Crippen LogP contribution in [0.5, 0.6) is 11.5 Å². The van der Waals surface area contributed by atoms with Gasteiger partial charge in [-0.25, -0.2) is 0 Å². The van der Waals surface area contributed by atoms with Crippen molar-refractivity contribution in [2.75, 3.05) is 27.3 Å². The van der Waals surface area contributed by atoms with Gasteiger partial charge in [0.1, 0.15) is 11.5 Å². The lowest BCUT2D eigenvalue weighted by molar-refractivity contribution is 0.0676. The Hall–Kier alpha value is -2.50. The van der Waals surface area contributed by atoms with Crippen molar-refractivity contribution in [3.05, 3.63) is 30.0 Å². The standard InChI is InChI=1S/C19H25N3O3/c1-13-6-5-9-22(12-13)19(23)16-11-17(21(2)20-16)15-10-14(24-3)7-8-18(15)25-4/h7-8,10-11,13H,5-6,9,12H2,1-4H3. The Labute approximate surface area is 148 Å². The lowest BCUT2D eigenvalue weighted by Crippen LogP contribution is -2.39. The van der Waals surface area contributed by atoms with Crippen LogP contribution < -0.4 is 9.47 Å². The molecule has 134 valence electrons. The zero-order valence-electron chi connectivity index (χ0n) is 15.3. The fraction of sp³-hybridized carbons (Fsp3) is 0.474. The topological polar surface area (TPSA) is 56.6 Å². The van der Waals surface area contributed by atoms with E-state index in [2.05, 4.69) is 12.0 Å². The molecule has 0 aliphatic carbocycles. The van der Waals surface area contributed by atoms with Gasteiger partial charge in [0.25, 0.3) is 5.91 Å². The van der Waals surface area contributed by atoms with Crippen LogP contribution in [-0.4, -0.2) is 47.9 Å². The van der Waals surface area contributed by atoms with Crippen LogP contribution in [-0.2, 0) is 7.05 Å². The van der Waals surface area contributed by atoms with E-state index in [0.29, 0.717) is 11.6 Å². The minimum absolute atomic E-state index is 0.00439. The Balaban J connectivity index is 1.94. The summed E-state index contributed by atoms with van der Waals surface area (Å²) in [5.74, 6) is 1.98. The number of aryl methyl sites for hydroxylation is 1.